The van der Waals surface area contributed by atoms with E-state index in [9.17, 15) is 9.59 Å². The molecule has 9 nitrogen and oxygen atoms in total. The summed E-state index contributed by atoms with van der Waals surface area (Å²) in [6.45, 7) is 3.29. The Morgan fingerprint density at radius 3 is 2.76 bits per heavy atom. The summed E-state index contributed by atoms with van der Waals surface area (Å²) in [4.78, 5) is 30.1. The molecule has 3 aromatic rings. The van der Waals surface area contributed by atoms with E-state index in [0.717, 1.165) is 30.1 Å². The Labute approximate surface area is 165 Å². The number of nitrogens with zero attached hydrogens (tertiary/aromatic N) is 4. The number of ether oxygens (including phenoxy) is 1. The molecule has 0 aliphatic carbocycles. The number of aromatic amines is 2. The van der Waals surface area contributed by atoms with Gasteiger partial charge >= 0.3 is 5.69 Å². The fourth-order valence-corrected chi connectivity index (χ4v) is 3.34. The smallest absolute Gasteiger partial charge is 0.325 e. The van der Waals surface area contributed by atoms with Crippen LogP contribution in [0.4, 0.5) is 5.69 Å². The van der Waals surface area contributed by atoms with E-state index in [1.165, 1.54) is 6.20 Å². The van der Waals surface area contributed by atoms with Gasteiger partial charge in [0.2, 0.25) is 0 Å². The highest BCUT2D eigenvalue weighted by atomic mass is 16.5. The van der Waals surface area contributed by atoms with E-state index in [-0.39, 0.29) is 11.7 Å². The van der Waals surface area contributed by atoms with E-state index >= 15 is 0 Å². The molecule has 4 rings (SSSR count). The first-order valence-electron chi connectivity index (χ1n) is 9.12. The Balaban J connectivity index is 1.53. The van der Waals surface area contributed by atoms with Crippen LogP contribution in [0.5, 0.6) is 5.75 Å². The van der Waals surface area contributed by atoms with Crippen LogP contribution in [0, 0.1) is 18.3 Å². The molecule has 1 atom stereocenters. The topological polar surface area (TPSA) is 128 Å². The predicted octanol–water partition coefficient (Wildman–Crippen LogP) is 1.36. The van der Waals surface area contributed by atoms with Gasteiger partial charge in [-0.15, -0.1) is 5.10 Å². The van der Waals surface area contributed by atoms with Gasteiger partial charge in [-0.05, 0) is 37.3 Å². The minimum Gasteiger partial charge on any atom is -0.489 e. The Morgan fingerprint density at radius 1 is 1.24 bits per heavy atom. The minimum absolute atomic E-state index is 0.00423. The van der Waals surface area contributed by atoms with Crippen molar-refractivity contribution in [3.8, 4) is 23.1 Å². The fraction of sp³-hybridized carbons (Fsp3) is 0.250. The van der Waals surface area contributed by atoms with E-state index in [0.29, 0.717) is 17.8 Å². The molecule has 2 N–H and O–H groups in total. The normalized spacial score (nSPS) is 15.9. The number of aromatic nitrogens is 4. The molecule has 29 heavy (non-hydrogen) atoms. The van der Waals surface area contributed by atoms with E-state index in [4.69, 9.17) is 10.00 Å². The van der Waals surface area contributed by atoms with Crippen LogP contribution < -0.4 is 20.9 Å². The molecule has 1 saturated heterocycles. The molecule has 1 unspecified atom stereocenters. The van der Waals surface area contributed by atoms with Gasteiger partial charge in [0.25, 0.3) is 5.56 Å². The number of hydrogen-bond donors (Lipinski definition) is 2. The summed E-state index contributed by atoms with van der Waals surface area (Å²) >= 11 is 0. The summed E-state index contributed by atoms with van der Waals surface area (Å²) in [6, 6.07) is 10.9. The van der Waals surface area contributed by atoms with Gasteiger partial charge in [-0.3, -0.25) is 9.78 Å². The Morgan fingerprint density at radius 2 is 2.03 bits per heavy atom. The van der Waals surface area contributed by atoms with E-state index < -0.39 is 11.2 Å². The lowest BCUT2D eigenvalue weighted by Crippen LogP contribution is -2.26. The van der Waals surface area contributed by atoms with Crippen LogP contribution in [-0.4, -0.2) is 39.4 Å². The third-order valence-electron chi connectivity index (χ3n) is 4.82. The van der Waals surface area contributed by atoms with Crippen molar-refractivity contribution in [3.63, 3.8) is 0 Å². The van der Waals surface area contributed by atoms with Crippen molar-refractivity contribution in [3.05, 3.63) is 68.6 Å². The Hall–Kier alpha value is -3.93. The second-order valence-electron chi connectivity index (χ2n) is 6.80. The monoisotopic (exact) mass is 390 g/mol. The van der Waals surface area contributed by atoms with Crippen molar-refractivity contribution in [1.82, 2.24) is 20.2 Å². The second-order valence-corrected chi connectivity index (χ2v) is 6.80. The van der Waals surface area contributed by atoms with Crippen molar-refractivity contribution in [2.45, 2.75) is 19.4 Å². The summed E-state index contributed by atoms with van der Waals surface area (Å²) in [5.74, 6) is 0.723. The van der Waals surface area contributed by atoms with Crippen LogP contribution in [0.1, 0.15) is 17.7 Å². The highest BCUT2D eigenvalue weighted by molar-refractivity contribution is 5.64. The molecule has 1 aromatic carbocycles. The SMILES string of the molecule is Cc1nnc(-c2c[nH]c(=O)[nH]c2=O)cc1N1CCC(Oc2ccc(C#N)cc2)C1. The number of H-pyrrole nitrogens is 2. The highest BCUT2D eigenvalue weighted by Crippen LogP contribution is 2.27. The second kappa shape index (κ2) is 7.59. The average molecular weight is 390 g/mol. The van der Waals surface area contributed by atoms with E-state index in [2.05, 4.69) is 31.1 Å². The van der Waals surface area contributed by atoms with Crippen molar-refractivity contribution in [2.75, 3.05) is 18.0 Å². The van der Waals surface area contributed by atoms with Gasteiger partial charge in [0, 0.05) is 19.2 Å². The molecule has 1 aliphatic heterocycles. The highest BCUT2D eigenvalue weighted by Gasteiger charge is 2.26. The Kier molecular flexibility index (Phi) is 4.83. The van der Waals surface area contributed by atoms with E-state index in [1.807, 2.05) is 6.92 Å². The number of rotatable bonds is 4. The van der Waals surface area contributed by atoms with E-state index in [1.54, 1.807) is 30.3 Å². The van der Waals surface area contributed by atoms with Crippen molar-refractivity contribution >= 4 is 5.69 Å². The quantitative estimate of drug-likeness (QED) is 0.688. The lowest BCUT2D eigenvalue weighted by Gasteiger charge is -2.21. The standard InChI is InChI=1S/C20H18N6O3/c1-12-18(8-17(25-24-12)16-10-22-20(28)23-19(16)27)26-7-6-15(11-26)29-14-4-2-13(9-21)3-5-14/h2-5,8,10,15H,6-7,11H2,1H3,(H2,22,23,27,28). The summed E-state index contributed by atoms with van der Waals surface area (Å²) in [5.41, 5.74) is 1.76. The molecule has 2 aromatic heterocycles. The number of benzene rings is 1. The van der Waals surface area contributed by atoms with Gasteiger partial charge in [-0.2, -0.15) is 10.4 Å². The first kappa shape index (κ1) is 18.4. The van der Waals surface area contributed by atoms with Crippen LogP contribution in [0.2, 0.25) is 0 Å². The largest absolute Gasteiger partial charge is 0.489 e. The summed E-state index contributed by atoms with van der Waals surface area (Å²) in [5, 5.41) is 17.2. The molecular weight excluding hydrogens is 372 g/mol. The minimum atomic E-state index is -0.568. The molecule has 0 bridgehead atoms. The van der Waals surface area contributed by atoms with Gasteiger partial charge in [0.1, 0.15) is 17.5 Å². The van der Waals surface area contributed by atoms with Crippen molar-refractivity contribution < 1.29 is 4.74 Å². The zero-order chi connectivity index (χ0) is 20.4. The van der Waals surface area contributed by atoms with Crippen LogP contribution in [0.25, 0.3) is 11.3 Å². The average Bonchev–Trinajstić information content (AvgIpc) is 3.17. The summed E-state index contributed by atoms with van der Waals surface area (Å²) < 4.78 is 6.03. The molecule has 9 heteroatoms. The van der Waals surface area contributed by atoms with Gasteiger partial charge < -0.3 is 14.6 Å². The number of nitriles is 1. The fourth-order valence-electron chi connectivity index (χ4n) is 3.34. The van der Waals surface area contributed by atoms with Gasteiger partial charge in [0.05, 0.1) is 35.1 Å². The zero-order valence-electron chi connectivity index (χ0n) is 15.7. The molecular formula is C20H18N6O3. The third-order valence-corrected chi connectivity index (χ3v) is 4.82. The number of aryl methyl sites for hydroxylation is 1. The molecule has 146 valence electrons. The summed E-state index contributed by atoms with van der Waals surface area (Å²) in [7, 11) is 0. The maximum Gasteiger partial charge on any atom is 0.325 e. The molecule has 0 spiro atoms. The zero-order valence-corrected chi connectivity index (χ0v) is 15.7. The van der Waals surface area contributed by atoms with Crippen LogP contribution in [-0.2, 0) is 0 Å². The maximum absolute atomic E-state index is 12.1. The molecule has 0 radical (unpaired) electrons. The van der Waals surface area contributed by atoms with Crippen LogP contribution >= 0.6 is 0 Å². The maximum atomic E-state index is 12.1. The molecule has 0 saturated carbocycles. The number of anilines is 1. The molecule has 1 fully saturated rings. The molecule has 0 amide bonds. The lowest BCUT2D eigenvalue weighted by atomic mass is 10.2. The lowest BCUT2D eigenvalue weighted by molar-refractivity contribution is 0.225. The first-order chi connectivity index (χ1) is 14.0. The van der Waals surface area contributed by atoms with Gasteiger partial charge in [0.15, 0.2) is 0 Å². The Bertz CT molecular complexity index is 1190. The molecule has 1 aliphatic rings. The number of hydrogen-bond acceptors (Lipinski definition) is 7. The van der Waals surface area contributed by atoms with Crippen LogP contribution in [0.3, 0.4) is 0 Å². The van der Waals surface area contributed by atoms with Crippen molar-refractivity contribution in [2.24, 2.45) is 0 Å². The molecule has 3 heterocycles. The third kappa shape index (κ3) is 3.87. The van der Waals surface area contributed by atoms with Crippen LogP contribution in [0.15, 0.2) is 46.1 Å². The van der Waals surface area contributed by atoms with Gasteiger partial charge in [-0.25, -0.2) is 4.79 Å². The van der Waals surface area contributed by atoms with Gasteiger partial charge in [-0.1, -0.05) is 0 Å². The summed E-state index contributed by atoms with van der Waals surface area (Å²) in [6.07, 6.45) is 2.16. The number of nitrogens with one attached hydrogen (secondary N) is 2. The predicted molar refractivity (Wildman–Crippen MR) is 106 cm³/mol. The van der Waals surface area contributed by atoms with Crippen molar-refractivity contribution in [1.29, 1.82) is 5.26 Å². The first-order valence-corrected chi connectivity index (χ1v) is 9.12.